The molecule has 1 fully saturated rings. The lowest BCUT2D eigenvalue weighted by atomic mass is 10.4. The normalized spacial score (nSPS) is 24.2. The number of rotatable bonds is 0. The van der Waals surface area contributed by atoms with Crippen LogP contribution >= 0.6 is 8.69 Å². The highest BCUT2D eigenvalue weighted by atomic mass is 31.2. The first-order chi connectivity index (χ1) is 2.39. The molecule has 2 nitrogen and oxygen atoms in total. The third-order valence-electron chi connectivity index (χ3n) is 0.252. The molecular formula is BFO2P. The lowest BCUT2D eigenvalue weighted by Gasteiger charge is -2.12. The summed E-state index contributed by atoms with van der Waals surface area (Å²) in [6.07, 6.45) is 0. The van der Waals surface area contributed by atoms with E-state index in [0.29, 0.717) is 0 Å². The zero-order chi connectivity index (χ0) is 3.70. The van der Waals surface area contributed by atoms with Gasteiger partial charge >= 0.3 is 16.4 Å². The van der Waals surface area contributed by atoms with E-state index in [4.69, 9.17) is 0 Å². The van der Waals surface area contributed by atoms with E-state index in [-0.39, 0.29) is 0 Å². The molecule has 0 atom stereocenters. The fraction of sp³-hybridized carbons (Fsp3) is 0. The molecule has 27 valence electrons. The zero-order valence-electron chi connectivity index (χ0n) is 2.22. The summed E-state index contributed by atoms with van der Waals surface area (Å²) < 4.78 is 19.1. The van der Waals surface area contributed by atoms with Gasteiger partial charge in [0.15, 0.2) is 0 Å². The van der Waals surface area contributed by atoms with Gasteiger partial charge in [-0.05, 0) is 0 Å². The largest absolute Gasteiger partial charge is 0.501 e. The maximum Gasteiger partial charge on any atom is 0.501 e. The van der Waals surface area contributed by atoms with Crippen LogP contribution in [-0.4, -0.2) is 7.69 Å². The Bertz CT molecular complexity index is 36.6. The van der Waals surface area contributed by atoms with Gasteiger partial charge in [0.2, 0.25) is 0 Å². The second-order valence-corrected chi connectivity index (χ2v) is 1.37. The van der Waals surface area contributed by atoms with E-state index in [1.807, 2.05) is 0 Å². The molecule has 0 aromatic heterocycles. The zero-order valence-corrected chi connectivity index (χ0v) is 3.11. The first kappa shape index (κ1) is 3.53. The molecule has 1 heterocycles. The predicted octanol–water partition coefficient (Wildman–Crippen LogP) is 0.764. The summed E-state index contributed by atoms with van der Waals surface area (Å²) in [7, 11) is -0.995. The highest BCUT2D eigenvalue weighted by molar-refractivity contribution is 7.46. The van der Waals surface area contributed by atoms with E-state index >= 15 is 0 Å². The number of hydrogen-bond donors (Lipinski definition) is 0. The molecule has 0 unspecified atom stereocenters. The van der Waals surface area contributed by atoms with Crippen LogP contribution in [0, 0.1) is 0 Å². The summed E-state index contributed by atoms with van der Waals surface area (Å²) in [6, 6.07) is 0. The summed E-state index contributed by atoms with van der Waals surface area (Å²) >= 11 is 0. The average molecular weight is 92.8 g/mol. The van der Waals surface area contributed by atoms with Crippen LogP contribution in [0.3, 0.4) is 0 Å². The quantitative estimate of drug-likeness (QED) is 0.325. The molecule has 0 aromatic rings. The lowest BCUT2D eigenvalue weighted by molar-refractivity contribution is 0.339. The Labute approximate surface area is 30.6 Å². The van der Waals surface area contributed by atoms with Crippen molar-refractivity contribution in [2.45, 2.75) is 0 Å². The highest BCUT2D eigenvalue weighted by Crippen LogP contribution is 2.46. The van der Waals surface area contributed by atoms with Crippen molar-refractivity contribution in [3.63, 3.8) is 0 Å². The Morgan fingerprint density at radius 2 is 2.00 bits per heavy atom. The minimum Gasteiger partial charge on any atom is -0.343 e. The molecule has 0 spiro atoms. The Kier molecular flexibility index (Phi) is 0.853. The maximum absolute atomic E-state index is 11.1. The minimum atomic E-state index is -1.97. The van der Waals surface area contributed by atoms with E-state index in [2.05, 4.69) is 8.88 Å². The summed E-state index contributed by atoms with van der Waals surface area (Å²) in [5.41, 5.74) is 0. The molecule has 1 saturated heterocycles. The van der Waals surface area contributed by atoms with Crippen LogP contribution in [0.4, 0.5) is 4.20 Å². The van der Waals surface area contributed by atoms with Crippen LogP contribution < -0.4 is 0 Å². The topological polar surface area (TPSA) is 18.5 Å². The van der Waals surface area contributed by atoms with E-state index in [1.54, 1.807) is 0 Å². The molecule has 0 amide bonds. The maximum atomic E-state index is 11.1. The van der Waals surface area contributed by atoms with Crippen LogP contribution in [0.5, 0.6) is 0 Å². The highest BCUT2D eigenvalue weighted by Gasteiger charge is 2.21. The van der Waals surface area contributed by atoms with Gasteiger partial charge in [-0.15, -0.1) is 0 Å². The number of halogens is 1. The SMILES string of the molecule is FP1O[B]O1. The molecule has 0 saturated carbocycles. The smallest absolute Gasteiger partial charge is 0.343 e. The van der Waals surface area contributed by atoms with Gasteiger partial charge in [-0.2, -0.15) is 4.20 Å². The van der Waals surface area contributed by atoms with Crippen LogP contribution in [0.2, 0.25) is 0 Å². The molecular weight excluding hydrogens is 92.8 g/mol. The first-order valence-electron chi connectivity index (χ1n) is 1.01. The molecule has 5 heavy (non-hydrogen) atoms. The monoisotopic (exact) mass is 93.0 g/mol. The van der Waals surface area contributed by atoms with Crippen molar-refractivity contribution in [3.8, 4) is 0 Å². The summed E-state index contributed by atoms with van der Waals surface area (Å²) in [5.74, 6) is 0. The standard InChI is InChI=1S/BFO2P/c2-5-3-1-4-5. The Hall–Kier alpha value is 0.345. The molecule has 0 aromatic carbocycles. The van der Waals surface area contributed by atoms with Gasteiger partial charge in [-0.25, -0.2) is 0 Å². The van der Waals surface area contributed by atoms with Crippen molar-refractivity contribution >= 4 is 16.4 Å². The van der Waals surface area contributed by atoms with Gasteiger partial charge in [-0.1, -0.05) is 0 Å². The van der Waals surface area contributed by atoms with Gasteiger partial charge in [0.05, 0.1) is 0 Å². The number of hydrogen-bond acceptors (Lipinski definition) is 2. The first-order valence-corrected chi connectivity index (χ1v) is 2.07. The van der Waals surface area contributed by atoms with Crippen molar-refractivity contribution in [1.82, 2.24) is 0 Å². The molecule has 0 N–H and O–H groups in total. The van der Waals surface area contributed by atoms with Crippen LogP contribution in [-0.2, 0) is 8.88 Å². The minimum absolute atomic E-state index is 0.978. The van der Waals surface area contributed by atoms with Crippen LogP contribution in [0.25, 0.3) is 0 Å². The van der Waals surface area contributed by atoms with Gasteiger partial charge in [-0.3, -0.25) is 0 Å². The molecule has 5 heteroatoms. The molecule has 0 aliphatic carbocycles. The lowest BCUT2D eigenvalue weighted by Crippen LogP contribution is -2.06. The Balaban J connectivity index is 2.08. The molecule has 1 radical (unpaired) electrons. The third-order valence-corrected chi connectivity index (χ3v) is 0.755. The summed E-state index contributed by atoms with van der Waals surface area (Å²) in [5, 5.41) is 0. The second kappa shape index (κ2) is 1.21. The third kappa shape index (κ3) is 0.593. The molecule has 1 aliphatic rings. The van der Waals surface area contributed by atoms with Crippen molar-refractivity contribution in [1.29, 1.82) is 0 Å². The molecule has 0 bridgehead atoms. The summed E-state index contributed by atoms with van der Waals surface area (Å²) in [6.45, 7) is 0. The second-order valence-electron chi connectivity index (χ2n) is 0.520. The van der Waals surface area contributed by atoms with E-state index in [1.165, 1.54) is 0 Å². The van der Waals surface area contributed by atoms with Crippen LogP contribution in [0.1, 0.15) is 0 Å². The van der Waals surface area contributed by atoms with E-state index in [0.717, 1.165) is 7.69 Å². The Morgan fingerprint density at radius 3 is 2.00 bits per heavy atom. The molecule has 1 rings (SSSR count). The van der Waals surface area contributed by atoms with E-state index in [9.17, 15) is 4.20 Å². The predicted molar refractivity (Wildman–Crippen MR) is 16.0 cm³/mol. The van der Waals surface area contributed by atoms with Gasteiger partial charge < -0.3 is 8.88 Å². The van der Waals surface area contributed by atoms with Gasteiger partial charge in [0.25, 0.3) is 0 Å². The van der Waals surface area contributed by atoms with Gasteiger partial charge in [0.1, 0.15) is 0 Å². The van der Waals surface area contributed by atoms with E-state index < -0.39 is 8.69 Å². The van der Waals surface area contributed by atoms with Crippen molar-refractivity contribution < 1.29 is 13.1 Å². The van der Waals surface area contributed by atoms with Crippen molar-refractivity contribution in [3.05, 3.63) is 0 Å². The average Bonchev–Trinajstić information content (AvgIpc) is 1.30. The van der Waals surface area contributed by atoms with Crippen molar-refractivity contribution in [2.24, 2.45) is 0 Å². The Morgan fingerprint density at radius 1 is 1.60 bits per heavy atom. The summed E-state index contributed by atoms with van der Waals surface area (Å²) in [4.78, 5) is 0. The van der Waals surface area contributed by atoms with Crippen LogP contribution in [0.15, 0.2) is 0 Å². The van der Waals surface area contributed by atoms with Crippen molar-refractivity contribution in [2.75, 3.05) is 0 Å². The fourth-order valence-electron chi connectivity index (χ4n) is 0.0756. The molecule has 1 aliphatic heterocycles. The van der Waals surface area contributed by atoms with Gasteiger partial charge in [0, 0.05) is 0 Å². The fourth-order valence-corrected chi connectivity index (χ4v) is 0.227.